The molecule has 0 nitrogen and oxygen atoms in total. The molecule has 0 aromatic carbocycles. The summed E-state index contributed by atoms with van der Waals surface area (Å²) < 4.78 is 0. The van der Waals surface area contributed by atoms with Gasteiger partial charge < -0.3 is 0 Å². The SMILES string of the molecule is C1CCC2CC3CC3C2CC1. The Morgan fingerprint density at radius 2 is 1.55 bits per heavy atom. The van der Waals surface area contributed by atoms with Gasteiger partial charge in [0, 0.05) is 0 Å². The first-order chi connectivity index (χ1) is 5.45. The predicted molar refractivity (Wildman–Crippen MR) is 46.3 cm³/mol. The van der Waals surface area contributed by atoms with Gasteiger partial charge in [0.05, 0.1) is 0 Å². The van der Waals surface area contributed by atoms with Crippen LogP contribution >= 0.6 is 0 Å². The van der Waals surface area contributed by atoms with Gasteiger partial charge in [0.1, 0.15) is 0 Å². The van der Waals surface area contributed by atoms with Crippen molar-refractivity contribution in [1.29, 1.82) is 0 Å². The van der Waals surface area contributed by atoms with E-state index in [2.05, 4.69) is 0 Å². The molecule has 0 heteroatoms. The highest BCUT2D eigenvalue weighted by Crippen LogP contribution is 2.61. The van der Waals surface area contributed by atoms with Crippen LogP contribution in [-0.2, 0) is 0 Å². The summed E-state index contributed by atoms with van der Waals surface area (Å²) in [7, 11) is 0. The van der Waals surface area contributed by atoms with Crippen molar-refractivity contribution in [3.63, 3.8) is 0 Å². The van der Waals surface area contributed by atoms with Crippen LogP contribution in [0, 0.1) is 23.7 Å². The third-order valence-corrected chi connectivity index (χ3v) is 4.35. The first-order valence-corrected chi connectivity index (χ1v) is 5.45. The molecule has 62 valence electrons. The molecule has 3 saturated carbocycles. The average Bonchev–Trinajstić information content (AvgIpc) is 2.73. The van der Waals surface area contributed by atoms with E-state index in [1.165, 1.54) is 30.1 Å². The molecule has 3 rings (SSSR count). The lowest BCUT2D eigenvalue weighted by Crippen LogP contribution is -2.09. The topological polar surface area (TPSA) is 0 Å². The normalized spacial score (nSPS) is 54.5. The summed E-state index contributed by atoms with van der Waals surface area (Å²) in [6, 6.07) is 0. The molecule has 0 spiro atoms. The van der Waals surface area contributed by atoms with E-state index in [4.69, 9.17) is 0 Å². The third kappa shape index (κ3) is 0.947. The quantitative estimate of drug-likeness (QED) is 0.497. The second kappa shape index (κ2) is 2.24. The van der Waals surface area contributed by atoms with Crippen molar-refractivity contribution in [3.8, 4) is 0 Å². The zero-order valence-corrected chi connectivity index (χ0v) is 7.26. The van der Waals surface area contributed by atoms with Crippen molar-refractivity contribution < 1.29 is 0 Å². The van der Waals surface area contributed by atoms with E-state index < -0.39 is 0 Å². The highest BCUT2D eigenvalue weighted by molar-refractivity contribution is 5.02. The first-order valence-electron chi connectivity index (χ1n) is 5.45. The van der Waals surface area contributed by atoms with Crippen LogP contribution in [0.5, 0.6) is 0 Å². The van der Waals surface area contributed by atoms with Crippen LogP contribution in [-0.4, -0.2) is 0 Å². The van der Waals surface area contributed by atoms with Crippen molar-refractivity contribution in [1.82, 2.24) is 0 Å². The molecule has 0 aliphatic heterocycles. The van der Waals surface area contributed by atoms with Crippen LogP contribution in [0.2, 0.25) is 0 Å². The summed E-state index contributed by atoms with van der Waals surface area (Å²) >= 11 is 0. The standard InChI is InChI=1S/C11H18/c1-2-4-8-6-9-7-11(9)10(8)5-3-1/h8-11H,1-7H2. The van der Waals surface area contributed by atoms with E-state index in [0.29, 0.717) is 0 Å². The molecular weight excluding hydrogens is 132 g/mol. The molecule has 3 aliphatic carbocycles. The Labute approximate surface area is 69.4 Å². The molecule has 0 saturated heterocycles. The van der Waals surface area contributed by atoms with Gasteiger partial charge in [-0.05, 0) is 42.9 Å². The van der Waals surface area contributed by atoms with Gasteiger partial charge >= 0.3 is 0 Å². The Morgan fingerprint density at radius 3 is 2.55 bits per heavy atom. The first kappa shape index (κ1) is 6.51. The lowest BCUT2D eigenvalue weighted by molar-refractivity contribution is 0.317. The van der Waals surface area contributed by atoms with E-state index in [-0.39, 0.29) is 0 Å². The number of hydrogen-bond donors (Lipinski definition) is 0. The fourth-order valence-corrected chi connectivity index (χ4v) is 3.72. The predicted octanol–water partition coefficient (Wildman–Crippen LogP) is 3.22. The van der Waals surface area contributed by atoms with Crippen LogP contribution in [0.4, 0.5) is 0 Å². The van der Waals surface area contributed by atoms with Crippen LogP contribution < -0.4 is 0 Å². The molecular formula is C11H18. The smallest absolute Gasteiger partial charge is 0.0352 e. The van der Waals surface area contributed by atoms with Crippen molar-refractivity contribution in [2.75, 3.05) is 0 Å². The molecule has 4 unspecified atom stereocenters. The minimum Gasteiger partial charge on any atom is -0.0533 e. The van der Waals surface area contributed by atoms with Crippen molar-refractivity contribution in [3.05, 3.63) is 0 Å². The molecule has 0 bridgehead atoms. The van der Waals surface area contributed by atoms with Crippen LogP contribution in [0.1, 0.15) is 44.9 Å². The summed E-state index contributed by atoms with van der Waals surface area (Å²) in [5, 5.41) is 0. The molecule has 0 N–H and O–H groups in total. The zero-order valence-electron chi connectivity index (χ0n) is 7.26. The molecule has 0 aromatic rings. The summed E-state index contributed by atoms with van der Waals surface area (Å²) in [6.45, 7) is 0. The maximum absolute atomic E-state index is 1.62. The fourth-order valence-electron chi connectivity index (χ4n) is 3.72. The third-order valence-electron chi connectivity index (χ3n) is 4.35. The average molecular weight is 150 g/mol. The van der Waals surface area contributed by atoms with E-state index in [1.54, 1.807) is 38.5 Å². The maximum Gasteiger partial charge on any atom is -0.0352 e. The lowest BCUT2D eigenvalue weighted by Gasteiger charge is -2.18. The van der Waals surface area contributed by atoms with Gasteiger partial charge in [-0.25, -0.2) is 0 Å². The molecule has 0 amide bonds. The molecule has 3 aliphatic rings. The van der Waals surface area contributed by atoms with Crippen molar-refractivity contribution >= 4 is 0 Å². The van der Waals surface area contributed by atoms with Crippen molar-refractivity contribution in [2.24, 2.45) is 23.7 Å². The van der Waals surface area contributed by atoms with Gasteiger partial charge in [-0.1, -0.05) is 25.7 Å². The summed E-state index contributed by atoms with van der Waals surface area (Å²) in [5.41, 5.74) is 0. The fraction of sp³-hybridized carbons (Fsp3) is 1.00. The van der Waals surface area contributed by atoms with Gasteiger partial charge in [0.25, 0.3) is 0 Å². The van der Waals surface area contributed by atoms with E-state index >= 15 is 0 Å². The van der Waals surface area contributed by atoms with Gasteiger partial charge in [0.15, 0.2) is 0 Å². The molecule has 0 radical (unpaired) electrons. The van der Waals surface area contributed by atoms with Crippen LogP contribution in [0.15, 0.2) is 0 Å². The highest BCUT2D eigenvalue weighted by atomic mass is 14.6. The largest absolute Gasteiger partial charge is 0.0533 e. The Balaban J connectivity index is 1.76. The molecule has 11 heavy (non-hydrogen) atoms. The Morgan fingerprint density at radius 1 is 0.636 bits per heavy atom. The molecule has 0 heterocycles. The van der Waals surface area contributed by atoms with E-state index in [1.807, 2.05) is 0 Å². The van der Waals surface area contributed by atoms with E-state index in [9.17, 15) is 0 Å². The van der Waals surface area contributed by atoms with Crippen LogP contribution in [0.25, 0.3) is 0 Å². The Bertz CT molecular complexity index is 161. The zero-order chi connectivity index (χ0) is 7.26. The highest BCUT2D eigenvalue weighted by Gasteiger charge is 2.52. The summed E-state index contributed by atoms with van der Waals surface area (Å²) in [6.07, 6.45) is 11.0. The Hall–Kier alpha value is 0. The lowest BCUT2D eigenvalue weighted by atomic mass is 9.87. The summed E-state index contributed by atoms with van der Waals surface area (Å²) in [4.78, 5) is 0. The molecule has 3 fully saturated rings. The van der Waals surface area contributed by atoms with Crippen LogP contribution in [0.3, 0.4) is 0 Å². The van der Waals surface area contributed by atoms with Gasteiger partial charge in [-0.15, -0.1) is 0 Å². The molecule has 4 atom stereocenters. The summed E-state index contributed by atoms with van der Waals surface area (Å²) in [5.74, 6) is 4.81. The van der Waals surface area contributed by atoms with Gasteiger partial charge in [0.2, 0.25) is 0 Å². The number of rotatable bonds is 0. The second-order valence-corrected chi connectivity index (χ2v) is 4.96. The van der Waals surface area contributed by atoms with Crippen molar-refractivity contribution in [2.45, 2.75) is 44.9 Å². The van der Waals surface area contributed by atoms with E-state index in [0.717, 1.165) is 0 Å². The number of hydrogen-bond acceptors (Lipinski definition) is 0. The monoisotopic (exact) mass is 150 g/mol. The van der Waals surface area contributed by atoms with Gasteiger partial charge in [-0.3, -0.25) is 0 Å². The minimum absolute atomic E-state index is 1.18. The Kier molecular flexibility index (Phi) is 1.33. The maximum atomic E-state index is 1.62. The second-order valence-electron chi connectivity index (χ2n) is 4.96. The molecule has 0 aromatic heterocycles. The number of fused-ring (bicyclic) bond motifs is 3. The minimum atomic E-state index is 1.18. The van der Waals surface area contributed by atoms with Gasteiger partial charge in [-0.2, -0.15) is 0 Å².